The van der Waals surface area contributed by atoms with Gasteiger partial charge in [0.2, 0.25) is 5.91 Å². The van der Waals surface area contributed by atoms with Crippen molar-refractivity contribution in [2.75, 3.05) is 5.32 Å². The molecule has 0 bridgehead atoms. The highest BCUT2D eigenvalue weighted by Gasteiger charge is 2.38. The smallest absolute Gasteiger partial charge is 0.232 e. The van der Waals surface area contributed by atoms with E-state index < -0.39 is 0 Å². The number of amides is 1. The zero-order valence-electron chi connectivity index (χ0n) is 11.2. The lowest BCUT2D eigenvalue weighted by Gasteiger charge is -2.30. The van der Waals surface area contributed by atoms with Gasteiger partial charge in [-0.15, -0.1) is 0 Å². The van der Waals surface area contributed by atoms with E-state index in [1.165, 1.54) is 36.8 Å². The minimum absolute atomic E-state index is 0.0997. The number of nitrogens with one attached hydrogen (secondary N) is 1. The highest BCUT2D eigenvalue weighted by atomic mass is 16.2. The maximum absolute atomic E-state index is 12.2. The summed E-state index contributed by atoms with van der Waals surface area (Å²) >= 11 is 0. The summed E-state index contributed by atoms with van der Waals surface area (Å²) in [7, 11) is 0. The Morgan fingerprint density at radius 2 is 2.11 bits per heavy atom. The van der Waals surface area contributed by atoms with Crippen molar-refractivity contribution in [2.24, 2.45) is 11.8 Å². The first-order valence-corrected chi connectivity index (χ1v) is 7.06. The van der Waals surface area contributed by atoms with E-state index in [0.29, 0.717) is 5.92 Å². The number of rotatable bonds is 1. The van der Waals surface area contributed by atoms with Crippen LogP contribution in [0.5, 0.6) is 0 Å². The molecule has 2 nitrogen and oxygen atoms in total. The molecule has 1 heterocycles. The summed E-state index contributed by atoms with van der Waals surface area (Å²) < 4.78 is 0. The van der Waals surface area contributed by atoms with Crippen molar-refractivity contribution in [3.8, 4) is 0 Å². The van der Waals surface area contributed by atoms with Gasteiger partial charge in [0.15, 0.2) is 0 Å². The number of benzene rings is 1. The van der Waals surface area contributed by atoms with Gasteiger partial charge in [-0.2, -0.15) is 0 Å². The van der Waals surface area contributed by atoms with Gasteiger partial charge in [-0.25, -0.2) is 0 Å². The van der Waals surface area contributed by atoms with Crippen LogP contribution in [0.4, 0.5) is 5.69 Å². The SMILES string of the molecule is Cc1ccc2c(c1)C(C1CCCC(C)C1)C(=O)N2. The Balaban J connectivity index is 1.93. The molecule has 96 valence electrons. The van der Waals surface area contributed by atoms with Crippen LogP contribution in [0.1, 0.15) is 49.7 Å². The highest BCUT2D eigenvalue weighted by Crippen LogP contribution is 2.44. The van der Waals surface area contributed by atoms with Crippen LogP contribution in [-0.4, -0.2) is 5.91 Å². The second kappa shape index (κ2) is 4.42. The third-order valence-electron chi connectivity index (χ3n) is 4.53. The van der Waals surface area contributed by atoms with Gasteiger partial charge in [-0.05, 0) is 43.2 Å². The molecule has 1 aromatic carbocycles. The van der Waals surface area contributed by atoms with Crippen LogP contribution in [0.15, 0.2) is 18.2 Å². The second-order valence-electron chi connectivity index (χ2n) is 6.09. The van der Waals surface area contributed by atoms with Crippen molar-refractivity contribution in [2.45, 2.75) is 45.4 Å². The van der Waals surface area contributed by atoms with E-state index in [-0.39, 0.29) is 11.8 Å². The first kappa shape index (κ1) is 11.8. The van der Waals surface area contributed by atoms with E-state index in [4.69, 9.17) is 0 Å². The number of hydrogen-bond donors (Lipinski definition) is 1. The Bertz CT molecular complexity index is 480. The number of anilines is 1. The molecule has 1 aliphatic carbocycles. The van der Waals surface area contributed by atoms with Gasteiger partial charge in [-0.3, -0.25) is 4.79 Å². The first-order chi connectivity index (χ1) is 8.65. The minimum Gasteiger partial charge on any atom is -0.325 e. The predicted molar refractivity (Wildman–Crippen MR) is 73.7 cm³/mol. The molecule has 0 spiro atoms. The standard InChI is InChI=1S/C16H21NO/c1-10-4-3-5-12(8-10)15-13-9-11(2)6-7-14(13)17-16(15)18/h6-7,9-10,12,15H,3-5,8H2,1-2H3,(H,17,18). The highest BCUT2D eigenvalue weighted by molar-refractivity contribution is 6.03. The first-order valence-electron chi connectivity index (χ1n) is 7.06. The topological polar surface area (TPSA) is 29.1 Å². The van der Waals surface area contributed by atoms with Crippen LogP contribution in [-0.2, 0) is 4.79 Å². The molecule has 2 aliphatic rings. The monoisotopic (exact) mass is 243 g/mol. The fourth-order valence-corrected chi connectivity index (χ4v) is 3.66. The molecule has 18 heavy (non-hydrogen) atoms. The van der Waals surface area contributed by atoms with E-state index in [0.717, 1.165) is 11.6 Å². The molecule has 1 aromatic rings. The van der Waals surface area contributed by atoms with Crippen molar-refractivity contribution in [1.29, 1.82) is 0 Å². The molecule has 2 heteroatoms. The lowest BCUT2D eigenvalue weighted by Crippen LogP contribution is -2.25. The van der Waals surface area contributed by atoms with E-state index in [1.807, 2.05) is 0 Å². The lowest BCUT2D eigenvalue weighted by molar-refractivity contribution is -0.118. The summed E-state index contributed by atoms with van der Waals surface area (Å²) in [5.41, 5.74) is 3.52. The Kier molecular flexibility index (Phi) is 2.89. The number of hydrogen-bond acceptors (Lipinski definition) is 1. The van der Waals surface area contributed by atoms with Gasteiger partial charge < -0.3 is 5.32 Å². The molecule has 1 fully saturated rings. The zero-order chi connectivity index (χ0) is 12.7. The predicted octanol–water partition coefficient (Wildman–Crippen LogP) is 3.86. The van der Waals surface area contributed by atoms with Crippen molar-refractivity contribution in [1.82, 2.24) is 0 Å². The van der Waals surface area contributed by atoms with Crippen molar-refractivity contribution in [3.63, 3.8) is 0 Å². The number of carbonyl (C=O) groups excluding carboxylic acids is 1. The average molecular weight is 243 g/mol. The summed E-state index contributed by atoms with van der Waals surface area (Å²) in [5, 5.41) is 3.05. The summed E-state index contributed by atoms with van der Waals surface area (Å²) in [6, 6.07) is 6.32. The second-order valence-corrected chi connectivity index (χ2v) is 6.09. The van der Waals surface area contributed by atoms with Gasteiger partial charge in [0.05, 0.1) is 5.92 Å². The molecular formula is C16H21NO. The van der Waals surface area contributed by atoms with Gasteiger partial charge in [0.25, 0.3) is 0 Å². The molecule has 1 amide bonds. The van der Waals surface area contributed by atoms with E-state index in [9.17, 15) is 4.79 Å². The molecule has 1 saturated carbocycles. The zero-order valence-corrected chi connectivity index (χ0v) is 11.2. The van der Waals surface area contributed by atoms with Gasteiger partial charge in [-0.1, -0.05) is 37.5 Å². The molecule has 1 N–H and O–H groups in total. The Hall–Kier alpha value is -1.31. The summed E-state index contributed by atoms with van der Waals surface area (Å²) in [5.74, 6) is 1.62. The van der Waals surface area contributed by atoms with Crippen LogP contribution in [0.25, 0.3) is 0 Å². The number of aryl methyl sites for hydroxylation is 1. The van der Waals surface area contributed by atoms with Crippen molar-refractivity contribution in [3.05, 3.63) is 29.3 Å². The van der Waals surface area contributed by atoms with Crippen LogP contribution in [0, 0.1) is 18.8 Å². The number of fused-ring (bicyclic) bond motifs is 1. The molecule has 1 aliphatic heterocycles. The van der Waals surface area contributed by atoms with Crippen LogP contribution in [0.2, 0.25) is 0 Å². The van der Waals surface area contributed by atoms with Crippen LogP contribution >= 0.6 is 0 Å². The summed E-state index contributed by atoms with van der Waals surface area (Å²) in [6.07, 6.45) is 5.00. The van der Waals surface area contributed by atoms with Gasteiger partial charge in [0.1, 0.15) is 0 Å². The fourth-order valence-electron chi connectivity index (χ4n) is 3.66. The molecule has 0 saturated heterocycles. The third kappa shape index (κ3) is 1.94. The van der Waals surface area contributed by atoms with E-state index in [1.54, 1.807) is 0 Å². The number of carbonyl (C=O) groups is 1. The maximum atomic E-state index is 12.2. The molecule has 0 aromatic heterocycles. The summed E-state index contributed by atoms with van der Waals surface area (Å²) in [4.78, 5) is 12.2. The molecular weight excluding hydrogens is 222 g/mol. The normalized spacial score (nSPS) is 31.0. The van der Waals surface area contributed by atoms with Crippen molar-refractivity contribution >= 4 is 11.6 Å². The Morgan fingerprint density at radius 1 is 1.28 bits per heavy atom. The average Bonchev–Trinajstić information content (AvgIpc) is 2.64. The van der Waals surface area contributed by atoms with E-state index >= 15 is 0 Å². The van der Waals surface area contributed by atoms with Crippen LogP contribution < -0.4 is 5.32 Å². The largest absolute Gasteiger partial charge is 0.325 e. The third-order valence-corrected chi connectivity index (χ3v) is 4.53. The maximum Gasteiger partial charge on any atom is 0.232 e. The Morgan fingerprint density at radius 3 is 2.89 bits per heavy atom. The van der Waals surface area contributed by atoms with Gasteiger partial charge in [0, 0.05) is 5.69 Å². The Labute approximate surface area is 109 Å². The molecule has 3 rings (SSSR count). The summed E-state index contributed by atoms with van der Waals surface area (Å²) in [6.45, 7) is 4.42. The molecule has 3 unspecified atom stereocenters. The van der Waals surface area contributed by atoms with Gasteiger partial charge >= 0.3 is 0 Å². The van der Waals surface area contributed by atoms with Crippen molar-refractivity contribution < 1.29 is 4.79 Å². The minimum atomic E-state index is 0.0997. The molecule has 3 atom stereocenters. The molecule has 0 radical (unpaired) electrons. The quantitative estimate of drug-likeness (QED) is 0.797. The lowest BCUT2D eigenvalue weighted by atomic mass is 9.73. The van der Waals surface area contributed by atoms with E-state index in [2.05, 4.69) is 37.4 Å². The van der Waals surface area contributed by atoms with Crippen LogP contribution in [0.3, 0.4) is 0 Å². The fraction of sp³-hybridized carbons (Fsp3) is 0.562.